The fourth-order valence-electron chi connectivity index (χ4n) is 3.97. The first-order chi connectivity index (χ1) is 14.8. The van der Waals surface area contributed by atoms with Crippen molar-refractivity contribution >= 4 is 11.5 Å². The van der Waals surface area contributed by atoms with E-state index in [2.05, 4.69) is 20.9 Å². The second kappa shape index (κ2) is 6.98. The number of carbonyl (C=O) groups is 1. The minimum absolute atomic E-state index is 0.0105. The number of halogens is 3. The van der Waals surface area contributed by atoms with Crippen molar-refractivity contribution in [3.8, 4) is 11.7 Å². The molecule has 2 aromatic heterocycles. The first-order valence-corrected chi connectivity index (χ1v) is 9.41. The lowest BCUT2D eigenvalue weighted by atomic mass is 9.89. The van der Waals surface area contributed by atoms with Crippen LogP contribution >= 0.6 is 0 Å². The molecule has 3 unspecified atom stereocenters. The number of nitrogens with zero attached hydrogens (tertiary/aromatic N) is 3. The zero-order valence-corrected chi connectivity index (χ0v) is 16.1. The molecule has 0 bridgehead atoms. The Morgan fingerprint density at radius 3 is 2.48 bits per heavy atom. The first kappa shape index (κ1) is 19.4. The molecule has 2 aliphatic rings. The zero-order valence-electron chi connectivity index (χ0n) is 16.1. The normalized spacial score (nSPS) is 23.8. The van der Waals surface area contributed by atoms with E-state index in [0.29, 0.717) is 17.0 Å². The van der Waals surface area contributed by atoms with Gasteiger partial charge in [0.1, 0.15) is 17.8 Å². The summed E-state index contributed by atoms with van der Waals surface area (Å²) in [5.41, 5.74) is 3.13. The highest BCUT2D eigenvalue weighted by atomic mass is 19.4. The molecule has 3 aromatic rings. The summed E-state index contributed by atoms with van der Waals surface area (Å²) in [6.07, 6.45) is -4.10. The number of rotatable bonds is 3. The number of benzene rings is 1. The van der Waals surface area contributed by atoms with E-state index in [4.69, 9.17) is 8.83 Å². The Morgan fingerprint density at radius 2 is 1.81 bits per heavy atom. The summed E-state index contributed by atoms with van der Waals surface area (Å²) in [4.78, 5) is 13.2. The predicted octanol–water partition coefficient (Wildman–Crippen LogP) is 3.05. The first-order valence-electron chi connectivity index (χ1n) is 9.41. The van der Waals surface area contributed by atoms with E-state index in [9.17, 15) is 18.0 Å². The maximum atomic E-state index is 13.8. The lowest BCUT2D eigenvalue weighted by Gasteiger charge is -2.34. The molecule has 0 aliphatic carbocycles. The van der Waals surface area contributed by atoms with E-state index < -0.39 is 30.2 Å². The highest BCUT2D eigenvalue weighted by Gasteiger charge is 2.58. The molecule has 5 rings (SSSR count). The van der Waals surface area contributed by atoms with Gasteiger partial charge in [-0.05, 0) is 24.6 Å². The molecular formula is C20H16F3N5O3. The number of fused-ring (bicyclic) bond motifs is 1. The van der Waals surface area contributed by atoms with Crippen molar-refractivity contribution in [2.75, 3.05) is 0 Å². The van der Waals surface area contributed by atoms with Crippen LogP contribution in [-0.4, -0.2) is 39.5 Å². The lowest BCUT2D eigenvalue weighted by Crippen LogP contribution is -2.54. The minimum Gasteiger partial charge on any atom is -0.459 e. The van der Waals surface area contributed by atoms with Gasteiger partial charge in [0.05, 0.1) is 12.2 Å². The second-order valence-corrected chi connectivity index (χ2v) is 7.24. The monoisotopic (exact) mass is 431 g/mol. The Labute approximate surface area is 173 Å². The van der Waals surface area contributed by atoms with Crippen molar-refractivity contribution < 1.29 is 26.8 Å². The number of allylic oxidation sites excluding steroid dienone is 1. The number of hydrazine groups is 1. The van der Waals surface area contributed by atoms with Crippen LogP contribution in [0.1, 0.15) is 24.3 Å². The van der Waals surface area contributed by atoms with Crippen molar-refractivity contribution in [3.63, 3.8) is 0 Å². The van der Waals surface area contributed by atoms with Gasteiger partial charge in [0, 0.05) is 5.70 Å². The molecule has 11 heteroatoms. The van der Waals surface area contributed by atoms with Gasteiger partial charge >= 0.3 is 6.18 Å². The smallest absolute Gasteiger partial charge is 0.406 e. The van der Waals surface area contributed by atoms with Gasteiger partial charge in [0.2, 0.25) is 0 Å². The SMILES string of the molecule is CC1=C(c2nnc(-c3ccco3)o2)C(=O)N2NC(C(F)(F)F)C(c3ccccc3)C2N1. The van der Waals surface area contributed by atoms with Gasteiger partial charge in [-0.15, -0.1) is 10.2 Å². The Hall–Kier alpha value is -3.60. The third-order valence-corrected chi connectivity index (χ3v) is 5.34. The zero-order chi connectivity index (χ0) is 21.8. The largest absolute Gasteiger partial charge is 0.459 e. The average molecular weight is 431 g/mol. The summed E-state index contributed by atoms with van der Waals surface area (Å²) < 4.78 is 52.3. The number of hydrogen-bond donors (Lipinski definition) is 2. The number of carbonyl (C=O) groups excluding carboxylic acids is 1. The van der Waals surface area contributed by atoms with Crippen molar-refractivity contribution in [2.24, 2.45) is 0 Å². The van der Waals surface area contributed by atoms with E-state index in [-0.39, 0.29) is 17.4 Å². The third-order valence-electron chi connectivity index (χ3n) is 5.34. The molecule has 1 fully saturated rings. The van der Waals surface area contributed by atoms with E-state index in [1.54, 1.807) is 49.4 Å². The molecule has 2 N–H and O–H groups in total. The maximum absolute atomic E-state index is 13.8. The molecule has 4 heterocycles. The summed E-state index contributed by atoms with van der Waals surface area (Å²) in [6, 6.07) is 9.57. The van der Waals surface area contributed by atoms with Crippen molar-refractivity contribution in [2.45, 2.75) is 31.2 Å². The highest BCUT2D eigenvalue weighted by Crippen LogP contribution is 2.42. The number of amides is 1. The molecule has 1 amide bonds. The van der Waals surface area contributed by atoms with Gasteiger partial charge in [-0.1, -0.05) is 30.3 Å². The summed E-state index contributed by atoms with van der Waals surface area (Å²) in [6.45, 7) is 1.59. The number of alkyl halides is 3. The van der Waals surface area contributed by atoms with E-state index in [0.717, 1.165) is 5.01 Å². The van der Waals surface area contributed by atoms with Gasteiger partial charge in [0.25, 0.3) is 17.7 Å². The molecule has 1 saturated heterocycles. The number of hydrogen-bond acceptors (Lipinski definition) is 7. The van der Waals surface area contributed by atoms with Crippen LogP contribution in [0.4, 0.5) is 13.2 Å². The van der Waals surface area contributed by atoms with Crippen LogP contribution in [0.25, 0.3) is 17.2 Å². The lowest BCUT2D eigenvalue weighted by molar-refractivity contribution is -0.161. The summed E-state index contributed by atoms with van der Waals surface area (Å²) >= 11 is 0. The minimum atomic E-state index is -4.58. The second-order valence-electron chi connectivity index (χ2n) is 7.24. The molecule has 0 spiro atoms. The summed E-state index contributed by atoms with van der Waals surface area (Å²) in [5, 5.41) is 11.7. The van der Waals surface area contributed by atoms with Gasteiger partial charge in [0.15, 0.2) is 5.76 Å². The number of furan rings is 1. The molecule has 160 valence electrons. The standard InChI is InChI=1S/C20H16F3N5O3/c1-10-13(18-26-25-17(31-18)12-8-5-9-30-12)19(29)28-16(24-10)14(11-6-3-2-4-7-11)15(27-28)20(21,22)23/h2-9,14-16,24,27H,1H3. The maximum Gasteiger partial charge on any atom is 0.406 e. The van der Waals surface area contributed by atoms with Crippen LogP contribution in [0, 0.1) is 0 Å². The Bertz CT molecular complexity index is 1140. The van der Waals surface area contributed by atoms with Gasteiger partial charge in [-0.2, -0.15) is 13.2 Å². The van der Waals surface area contributed by atoms with Gasteiger partial charge in [-0.25, -0.2) is 10.4 Å². The highest BCUT2D eigenvalue weighted by molar-refractivity contribution is 6.19. The van der Waals surface area contributed by atoms with Crippen LogP contribution in [0.3, 0.4) is 0 Å². The fraction of sp³-hybridized carbons (Fsp3) is 0.250. The van der Waals surface area contributed by atoms with E-state index >= 15 is 0 Å². The third kappa shape index (κ3) is 3.17. The van der Waals surface area contributed by atoms with Crippen LogP contribution in [-0.2, 0) is 4.79 Å². The molecule has 0 saturated carbocycles. The number of aromatic nitrogens is 2. The molecular weight excluding hydrogens is 415 g/mol. The molecule has 2 aliphatic heterocycles. The summed E-state index contributed by atoms with van der Waals surface area (Å²) in [7, 11) is 0. The Kier molecular flexibility index (Phi) is 4.36. The predicted molar refractivity (Wildman–Crippen MR) is 101 cm³/mol. The Balaban J connectivity index is 1.53. The van der Waals surface area contributed by atoms with Crippen LogP contribution in [0.2, 0.25) is 0 Å². The van der Waals surface area contributed by atoms with Crippen molar-refractivity contribution in [1.29, 1.82) is 0 Å². The van der Waals surface area contributed by atoms with E-state index in [1.807, 2.05) is 0 Å². The molecule has 0 radical (unpaired) electrons. The number of nitrogens with one attached hydrogen (secondary N) is 2. The van der Waals surface area contributed by atoms with Crippen LogP contribution < -0.4 is 10.7 Å². The van der Waals surface area contributed by atoms with E-state index in [1.165, 1.54) is 6.26 Å². The van der Waals surface area contributed by atoms with Crippen LogP contribution in [0.15, 0.2) is 63.3 Å². The molecule has 1 aromatic carbocycles. The van der Waals surface area contributed by atoms with Crippen molar-refractivity contribution in [3.05, 3.63) is 65.9 Å². The van der Waals surface area contributed by atoms with Crippen molar-refractivity contribution in [1.82, 2.24) is 25.9 Å². The van der Waals surface area contributed by atoms with Gasteiger partial charge < -0.3 is 14.2 Å². The molecule has 3 atom stereocenters. The summed E-state index contributed by atoms with van der Waals surface area (Å²) in [5.74, 6) is -1.49. The molecule has 8 nitrogen and oxygen atoms in total. The quantitative estimate of drug-likeness (QED) is 0.658. The average Bonchev–Trinajstić information content (AvgIpc) is 3.47. The van der Waals surface area contributed by atoms with Gasteiger partial charge in [-0.3, -0.25) is 4.79 Å². The Morgan fingerprint density at radius 1 is 1.06 bits per heavy atom. The van der Waals surface area contributed by atoms with Crippen LogP contribution in [0.5, 0.6) is 0 Å². The topological polar surface area (TPSA) is 96.4 Å². The fourth-order valence-corrected chi connectivity index (χ4v) is 3.97. The molecule has 31 heavy (non-hydrogen) atoms.